The number of amides is 1. The number of ether oxygens (including phenoxy) is 1. The highest BCUT2D eigenvalue weighted by atomic mass is 32.2. The predicted octanol–water partition coefficient (Wildman–Crippen LogP) is 3.78. The lowest BCUT2D eigenvalue weighted by molar-refractivity contribution is -0.125. The molecular weight excluding hydrogens is 528 g/mol. The Morgan fingerprint density at radius 1 is 1.05 bits per heavy atom. The summed E-state index contributed by atoms with van der Waals surface area (Å²) in [5.41, 5.74) is 4.22. The lowest BCUT2D eigenvalue weighted by atomic mass is 9.64. The largest absolute Gasteiger partial charge is 0.476 e. The molecule has 0 atom stereocenters. The molecule has 0 unspecified atom stereocenters. The van der Waals surface area contributed by atoms with Gasteiger partial charge in [-0.1, -0.05) is 12.5 Å². The van der Waals surface area contributed by atoms with Crippen molar-refractivity contribution in [2.45, 2.75) is 43.9 Å². The third-order valence-electron chi connectivity index (χ3n) is 8.43. The molecule has 1 saturated carbocycles. The molecule has 0 radical (unpaired) electrons. The van der Waals surface area contributed by atoms with Gasteiger partial charge < -0.3 is 14.5 Å². The summed E-state index contributed by atoms with van der Waals surface area (Å²) in [6.07, 6.45) is 8.71. The Balaban J connectivity index is 1.38. The van der Waals surface area contributed by atoms with Crippen LogP contribution in [0.5, 0.6) is 5.88 Å². The number of fused-ring (bicyclic) bond motifs is 4. The van der Waals surface area contributed by atoms with Crippen molar-refractivity contribution in [2.75, 3.05) is 57.0 Å². The highest BCUT2D eigenvalue weighted by Gasteiger charge is 2.54. The number of hydrogen-bond donors (Lipinski definition) is 1. The van der Waals surface area contributed by atoms with Crippen molar-refractivity contribution < 1.29 is 17.9 Å². The maximum Gasteiger partial charge on any atom is 0.301 e. The first-order valence-corrected chi connectivity index (χ1v) is 15.4. The normalized spacial score (nSPS) is 18.5. The van der Waals surface area contributed by atoms with Crippen molar-refractivity contribution in [2.24, 2.45) is 0 Å². The summed E-state index contributed by atoms with van der Waals surface area (Å²) < 4.78 is 36.5. The van der Waals surface area contributed by atoms with Crippen molar-refractivity contribution in [1.29, 1.82) is 0 Å². The van der Waals surface area contributed by atoms with Crippen LogP contribution >= 0.6 is 0 Å². The van der Waals surface area contributed by atoms with Crippen LogP contribution in [0.25, 0.3) is 22.0 Å². The van der Waals surface area contributed by atoms with Crippen LogP contribution in [0.3, 0.4) is 0 Å². The van der Waals surface area contributed by atoms with Gasteiger partial charge in [-0.25, -0.2) is 4.98 Å². The summed E-state index contributed by atoms with van der Waals surface area (Å²) >= 11 is 0. The van der Waals surface area contributed by atoms with Crippen molar-refractivity contribution in [3.8, 4) is 17.0 Å². The van der Waals surface area contributed by atoms with Crippen molar-refractivity contribution in [1.82, 2.24) is 19.2 Å². The monoisotopic (exact) mass is 564 g/mol. The van der Waals surface area contributed by atoms with Gasteiger partial charge in [0.15, 0.2) is 0 Å². The molecule has 0 bridgehead atoms. The molecule has 2 fully saturated rings. The second-order valence-electron chi connectivity index (χ2n) is 11.3. The first-order chi connectivity index (χ1) is 19.2. The maximum absolute atomic E-state index is 13.2. The average molecular weight is 565 g/mol. The van der Waals surface area contributed by atoms with Crippen molar-refractivity contribution in [3.63, 3.8) is 0 Å². The van der Waals surface area contributed by atoms with Crippen LogP contribution in [0.1, 0.15) is 44.1 Å². The standard InChI is InChI=1S/C29H36N6O4S/c1-33(2)12-7-15-39-27-24(32-40(37,38)35-13-4-5-14-35)17-21(18-31-27)20-8-9-23-22(16-20)26-25(19-30-23)34(3)28(36)29(26)10-6-11-29/h8-9,16-19,32H,4-7,10-15H2,1-3H3. The first kappa shape index (κ1) is 26.9. The average Bonchev–Trinajstić information content (AvgIpc) is 3.53. The summed E-state index contributed by atoms with van der Waals surface area (Å²) in [5.74, 6) is 0.402. The fraction of sp³-hybridized carbons (Fsp3) is 0.483. The highest BCUT2D eigenvalue weighted by Crippen LogP contribution is 2.55. The van der Waals surface area contributed by atoms with Gasteiger partial charge in [0.1, 0.15) is 5.69 Å². The van der Waals surface area contributed by atoms with Crippen LogP contribution in [-0.2, 0) is 20.4 Å². The molecule has 1 amide bonds. The molecule has 2 aliphatic heterocycles. The number of carbonyl (C=O) groups is 1. The van der Waals surface area contributed by atoms with Crippen LogP contribution < -0.4 is 14.4 Å². The van der Waals surface area contributed by atoms with E-state index in [-0.39, 0.29) is 11.8 Å². The van der Waals surface area contributed by atoms with E-state index in [4.69, 9.17) is 4.74 Å². The van der Waals surface area contributed by atoms with Gasteiger partial charge in [0.05, 0.1) is 29.4 Å². The summed E-state index contributed by atoms with van der Waals surface area (Å²) in [5, 5.41) is 0.954. The number of aromatic nitrogens is 2. The number of carbonyl (C=O) groups excluding carboxylic acids is 1. The predicted molar refractivity (Wildman–Crippen MR) is 156 cm³/mol. The lowest BCUT2D eigenvalue weighted by Gasteiger charge is -2.37. The van der Waals surface area contributed by atoms with E-state index in [9.17, 15) is 13.2 Å². The van der Waals surface area contributed by atoms with E-state index >= 15 is 0 Å². The number of likely N-dealkylation sites (N-methyl/N-ethyl adjacent to an activating group) is 1. The SMILES string of the molecule is CN(C)CCCOc1ncc(-c2ccc3ncc4c(c3c2)C2(CCC2)C(=O)N4C)cc1NS(=O)(=O)N1CCCC1. The number of anilines is 2. The molecule has 212 valence electrons. The minimum Gasteiger partial charge on any atom is -0.476 e. The Hall–Kier alpha value is -3.28. The third-order valence-corrected chi connectivity index (χ3v) is 9.95. The zero-order valence-corrected chi connectivity index (χ0v) is 24.1. The first-order valence-electron chi connectivity index (χ1n) is 14.0. The summed E-state index contributed by atoms with van der Waals surface area (Å²) in [7, 11) is 2.08. The lowest BCUT2D eigenvalue weighted by Crippen LogP contribution is -2.43. The third kappa shape index (κ3) is 4.59. The van der Waals surface area contributed by atoms with E-state index < -0.39 is 15.6 Å². The van der Waals surface area contributed by atoms with Gasteiger partial charge in [-0.15, -0.1) is 0 Å². The number of hydrogen-bond acceptors (Lipinski definition) is 7. The van der Waals surface area contributed by atoms with E-state index in [2.05, 4.69) is 25.7 Å². The fourth-order valence-corrected chi connectivity index (χ4v) is 7.42. The molecule has 6 rings (SSSR count). The molecule has 3 aliphatic rings. The summed E-state index contributed by atoms with van der Waals surface area (Å²) in [6, 6.07) is 7.76. The molecule has 2 aromatic heterocycles. The fourth-order valence-electron chi connectivity index (χ4n) is 6.13. The van der Waals surface area contributed by atoms with E-state index in [0.29, 0.717) is 25.4 Å². The molecule has 3 aromatic rings. The Morgan fingerprint density at radius 2 is 1.82 bits per heavy atom. The highest BCUT2D eigenvalue weighted by molar-refractivity contribution is 7.90. The molecule has 1 aliphatic carbocycles. The number of pyridine rings is 2. The zero-order valence-electron chi connectivity index (χ0n) is 23.3. The Morgan fingerprint density at radius 3 is 2.52 bits per heavy atom. The molecule has 1 aromatic carbocycles. The van der Waals surface area contributed by atoms with Crippen molar-refractivity contribution >= 4 is 38.4 Å². The van der Waals surface area contributed by atoms with Crippen LogP contribution in [0, 0.1) is 0 Å². The van der Waals surface area contributed by atoms with Crippen molar-refractivity contribution in [3.05, 3.63) is 42.2 Å². The van der Waals surface area contributed by atoms with E-state index in [1.54, 1.807) is 23.4 Å². The number of benzene rings is 1. The molecule has 1 saturated heterocycles. The molecule has 11 heteroatoms. The summed E-state index contributed by atoms with van der Waals surface area (Å²) in [4.78, 5) is 26.2. The van der Waals surface area contributed by atoms with Crippen LogP contribution in [0.4, 0.5) is 11.4 Å². The quantitative estimate of drug-likeness (QED) is 0.394. The molecular formula is C29H36N6O4S. The van der Waals surface area contributed by atoms with E-state index in [1.807, 2.05) is 33.3 Å². The second-order valence-corrected chi connectivity index (χ2v) is 13.0. The minimum absolute atomic E-state index is 0.143. The Bertz CT molecular complexity index is 1560. The topological polar surface area (TPSA) is 108 Å². The number of rotatable bonds is 9. The smallest absolute Gasteiger partial charge is 0.301 e. The maximum atomic E-state index is 13.2. The molecule has 10 nitrogen and oxygen atoms in total. The van der Waals surface area contributed by atoms with Gasteiger partial charge in [-0.05, 0) is 70.0 Å². The molecule has 1 N–H and O–H groups in total. The van der Waals surface area contributed by atoms with Gasteiger partial charge >= 0.3 is 10.2 Å². The van der Waals surface area contributed by atoms with Gasteiger partial charge in [0, 0.05) is 49.4 Å². The Kier molecular flexibility index (Phi) is 6.92. The van der Waals surface area contributed by atoms with Gasteiger partial charge in [0.25, 0.3) is 0 Å². The van der Waals surface area contributed by atoms with Crippen LogP contribution in [0.2, 0.25) is 0 Å². The zero-order chi connectivity index (χ0) is 28.1. The van der Waals surface area contributed by atoms with E-state index in [0.717, 1.165) is 78.4 Å². The molecule has 1 spiro atoms. The molecule has 40 heavy (non-hydrogen) atoms. The number of nitrogens with one attached hydrogen (secondary N) is 1. The summed E-state index contributed by atoms with van der Waals surface area (Å²) in [6.45, 7) is 2.26. The Labute approximate surface area is 235 Å². The van der Waals surface area contributed by atoms with Crippen LogP contribution in [0.15, 0.2) is 36.7 Å². The second kappa shape index (κ2) is 10.3. The minimum atomic E-state index is -3.74. The van der Waals surface area contributed by atoms with Crippen LogP contribution in [-0.4, -0.2) is 80.9 Å². The molecule has 4 heterocycles. The van der Waals surface area contributed by atoms with Gasteiger partial charge in [0.2, 0.25) is 11.8 Å². The number of nitrogens with zero attached hydrogens (tertiary/aromatic N) is 5. The van der Waals surface area contributed by atoms with Gasteiger partial charge in [-0.3, -0.25) is 14.5 Å². The van der Waals surface area contributed by atoms with Gasteiger partial charge in [-0.2, -0.15) is 12.7 Å². The van der Waals surface area contributed by atoms with E-state index in [1.165, 1.54) is 4.31 Å².